The first-order valence-corrected chi connectivity index (χ1v) is 8.85. The lowest BCUT2D eigenvalue weighted by atomic mass is 9.90. The molecule has 1 rings (SSSR count). The Kier molecular flexibility index (Phi) is 3.03. The van der Waals surface area contributed by atoms with Crippen molar-refractivity contribution in [2.24, 2.45) is 0 Å². The zero-order valence-corrected chi connectivity index (χ0v) is 11.7. The molecule has 0 aromatic heterocycles. The van der Waals surface area contributed by atoms with Crippen LogP contribution in [0.1, 0.15) is 20.8 Å². The van der Waals surface area contributed by atoms with Crippen LogP contribution in [0.3, 0.4) is 0 Å². The number of nitrogens with zero attached hydrogens (tertiary/aromatic N) is 2. The molecule has 4 heteroatoms. The summed E-state index contributed by atoms with van der Waals surface area (Å²) in [6, 6.07) is 2.34. The largest absolute Gasteiger partial charge is 0.398 e. The van der Waals surface area contributed by atoms with Crippen LogP contribution in [-0.4, -0.2) is 37.4 Å². The zero-order chi connectivity index (χ0) is 11.9. The minimum Gasteiger partial charge on any atom is -0.398 e. The second kappa shape index (κ2) is 3.58. The molecule has 3 nitrogen and oxygen atoms in total. The van der Waals surface area contributed by atoms with Gasteiger partial charge in [-0.15, -0.1) is 0 Å². The fourth-order valence-electron chi connectivity index (χ4n) is 1.79. The Morgan fingerprint density at radius 1 is 1.27 bits per heavy atom. The van der Waals surface area contributed by atoms with E-state index in [1.807, 2.05) is 0 Å². The summed E-state index contributed by atoms with van der Waals surface area (Å²) < 4.78 is 5.97. The van der Waals surface area contributed by atoms with Crippen molar-refractivity contribution in [2.45, 2.75) is 51.6 Å². The van der Waals surface area contributed by atoms with Crippen molar-refractivity contribution in [1.82, 2.24) is 4.90 Å². The Labute approximate surface area is 94.2 Å². The molecule has 1 saturated heterocycles. The lowest BCUT2D eigenvalue weighted by molar-refractivity contribution is -0.0838. The first-order chi connectivity index (χ1) is 6.58. The Hall–Kier alpha value is -0.373. The van der Waals surface area contributed by atoms with E-state index in [0.717, 1.165) is 13.1 Å². The third kappa shape index (κ3) is 3.04. The molecule has 0 bridgehead atoms. The lowest BCUT2D eigenvalue weighted by Crippen LogP contribution is -2.69. The Morgan fingerprint density at radius 3 is 2.00 bits per heavy atom. The smallest absolute Gasteiger partial charge is 0.186 e. The normalized spacial score (nSPS) is 21.9. The molecule has 1 fully saturated rings. The van der Waals surface area contributed by atoms with E-state index in [-0.39, 0.29) is 5.54 Å². The molecule has 0 aliphatic carbocycles. The van der Waals surface area contributed by atoms with Crippen LogP contribution in [0.2, 0.25) is 19.6 Å². The van der Waals surface area contributed by atoms with Gasteiger partial charge in [-0.1, -0.05) is 0 Å². The van der Waals surface area contributed by atoms with Crippen LogP contribution < -0.4 is 0 Å². The molecule has 0 N–H and O–H groups in total. The SMILES string of the molecule is CC(C)(C)N1CC(C#N)(O[Si](C)(C)C)C1. The van der Waals surface area contributed by atoms with Gasteiger partial charge in [-0.3, -0.25) is 4.90 Å². The van der Waals surface area contributed by atoms with Crippen LogP contribution in [0.5, 0.6) is 0 Å². The summed E-state index contributed by atoms with van der Waals surface area (Å²) in [5.74, 6) is 0. The van der Waals surface area contributed by atoms with Crippen LogP contribution >= 0.6 is 0 Å². The number of hydrogen-bond donors (Lipinski definition) is 0. The van der Waals surface area contributed by atoms with Crippen LogP contribution in [-0.2, 0) is 4.43 Å². The summed E-state index contributed by atoms with van der Waals surface area (Å²) in [6.07, 6.45) is 0. The van der Waals surface area contributed by atoms with Gasteiger partial charge >= 0.3 is 0 Å². The fourth-order valence-corrected chi connectivity index (χ4v) is 3.14. The van der Waals surface area contributed by atoms with Crippen LogP contribution in [0, 0.1) is 11.3 Å². The third-order valence-electron chi connectivity index (χ3n) is 2.55. The predicted molar refractivity (Wildman–Crippen MR) is 64.1 cm³/mol. The molecule has 0 aromatic rings. The molecule has 0 radical (unpaired) electrons. The van der Waals surface area contributed by atoms with Crippen molar-refractivity contribution >= 4 is 8.32 Å². The van der Waals surface area contributed by atoms with E-state index in [4.69, 9.17) is 4.43 Å². The number of hydrogen-bond acceptors (Lipinski definition) is 3. The van der Waals surface area contributed by atoms with Gasteiger partial charge in [0.15, 0.2) is 13.9 Å². The predicted octanol–water partition coefficient (Wildman–Crippen LogP) is 2.21. The molecular weight excluding hydrogens is 204 g/mol. The van der Waals surface area contributed by atoms with E-state index in [9.17, 15) is 5.26 Å². The molecule has 0 spiro atoms. The molecule has 15 heavy (non-hydrogen) atoms. The van der Waals surface area contributed by atoms with Crippen molar-refractivity contribution in [3.63, 3.8) is 0 Å². The average molecular weight is 226 g/mol. The molecule has 1 aliphatic heterocycles. The fraction of sp³-hybridized carbons (Fsp3) is 0.909. The third-order valence-corrected chi connectivity index (χ3v) is 3.55. The van der Waals surface area contributed by atoms with Gasteiger partial charge in [0.25, 0.3) is 0 Å². The highest BCUT2D eigenvalue weighted by molar-refractivity contribution is 6.69. The number of rotatable bonds is 2. The Balaban J connectivity index is 2.62. The van der Waals surface area contributed by atoms with Crippen molar-refractivity contribution in [3.05, 3.63) is 0 Å². The van der Waals surface area contributed by atoms with Crippen molar-refractivity contribution in [3.8, 4) is 6.07 Å². The highest BCUT2D eigenvalue weighted by Crippen LogP contribution is 2.33. The highest BCUT2D eigenvalue weighted by atomic mass is 28.4. The maximum atomic E-state index is 9.20. The maximum absolute atomic E-state index is 9.20. The molecule has 86 valence electrons. The quantitative estimate of drug-likeness (QED) is 0.677. The first-order valence-electron chi connectivity index (χ1n) is 5.45. The zero-order valence-electron chi connectivity index (χ0n) is 10.7. The van der Waals surface area contributed by atoms with E-state index in [1.165, 1.54) is 0 Å². The van der Waals surface area contributed by atoms with Gasteiger partial charge < -0.3 is 4.43 Å². The van der Waals surface area contributed by atoms with Crippen molar-refractivity contribution < 1.29 is 4.43 Å². The van der Waals surface area contributed by atoms with Gasteiger partial charge in [-0.25, -0.2) is 0 Å². The Morgan fingerprint density at radius 2 is 1.73 bits per heavy atom. The average Bonchev–Trinajstić information content (AvgIpc) is 1.91. The summed E-state index contributed by atoms with van der Waals surface area (Å²) in [7, 11) is -1.62. The summed E-state index contributed by atoms with van der Waals surface area (Å²) in [5.41, 5.74) is -0.388. The standard InChI is InChI=1S/C11H22N2OSi/c1-10(2,3)13-8-11(7-12,9-13)14-15(4,5)6/h8-9H2,1-6H3. The van der Waals surface area contributed by atoms with Gasteiger partial charge in [0, 0.05) is 18.6 Å². The van der Waals surface area contributed by atoms with Gasteiger partial charge in [-0.2, -0.15) is 5.26 Å². The van der Waals surface area contributed by atoms with E-state index >= 15 is 0 Å². The highest BCUT2D eigenvalue weighted by Gasteiger charge is 2.50. The van der Waals surface area contributed by atoms with Crippen molar-refractivity contribution in [1.29, 1.82) is 5.26 Å². The van der Waals surface area contributed by atoms with Crippen LogP contribution in [0.15, 0.2) is 0 Å². The minimum atomic E-state index is -1.62. The number of nitriles is 1. The molecule has 0 amide bonds. The van der Waals surface area contributed by atoms with Gasteiger partial charge in [-0.05, 0) is 40.4 Å². The van der Waals surface area contributed by atoms with Crippen LogP contribution in [0.25, 0.3) is 0 Å². The topological polar surface area (TPSA) is 36.3 Å². The molecule has 0 atom stereocenters. The Bertz CT molecular complexity index is 276. The molecule has 0 unspecified atom stereocenters. The second-order valence-corrected chi connectivity index (χ2v) is 10.8. The summed E-state index contributed by atoms with van der Waals surface area (Å²) in [4.78, 5) is 2.29. The summed E-state index contributed by atoms with van der Waals surface area (Å²) in [5, 5.41) is 9.20. The first kappa shape index (κ1) is 12.7. The van der Waals surface area contributed by atoms with E-state index in [1.54, 1.807) is 0 Å². The second-order valence-electron chi connectivity index (χ2n) is 6.35. The van der Waals surface area contributed by atoms with Gasteiger partial charge in [0.2, 0.25) is 0 Å². The van der Waals surface area contributed by atoms with E-state index in [0.29, 0.717) is 0 Å². The molecule has 0 aromatic carbocycles. The molecule has 1 heterocycles. The maximum Gasteiger partial charge on any atom is 0.186 e. The summed E-state index contributed by atoms with van der Waals surface area (Å²) in [6.45, 7) is 14.4. The molecule has 1 aliphatic rings. The number of likely N-dealkylation sites (tertiary alicyclic amines) is 1. The van der Waals surface area contributed by atoms with Crippen molar-refractivity contribution in [2.75, 3.05) is 13.1 Å². The van der Waals surface area contributed by atoms with Gasteiger partial charge in [0.05, 0.1) is 6.07 Å². The minimum absolute atomic E-state index is 0.142. The van der Waals surface area contributed by atoms with Crippen LogP contribution in [0.4, 0.5) is 0 Å². The monoisotopic (exact) mass is 226 g/mol. The molecule has 0 saturated carbocycles. The summed E-state index contributed by atoms with van der Waals surface area (Å²) >= 11 is 0. The lowest BCUT2D eigenvalue weighted by Gasteiger charge is -2.53. The van der Waals surface area contributed by atoms with E-state index < -0.39 is 13.9 Å². The van der Waals surface area contributed by atoms with E-state index in [2.05, 4.69) is 51.4 Å². The van der Waals surface area contributed by atoms with Gasteiger partial charge in [0.1, 0.15) is 0 Å². The molecular formula is C11H22N2OSi.